The van der Waals surface area contributed by atoms with E-state index in [1.807, 2.05) is 4.90 Å². The maximum atomic E-state index is 12.7. The number of carbonyl (C=O) groups is 1. The molecule has 0 radical (unpaired) electrons. The lowest BCUT2D eigenvalue weighted by atomic mass is 9.94. The summed E-state index contributed by atoms with van der Waals surface area (Å²) >= 11 is 0. The lowest BCUT2D eigenvalue weighted by molar-refractivity contribution is 0.0780. The molecule has 1 aliphatic carbocycles. The topological polar surface area (TPSA) is 48.1 Å². The number of fused-ring (bicyclic) bond motifs is 2. The number of aromatic nitrogens is 1. The molecule has 4 nitrogen and oxygen atoms in total. The van der Waals surface area contributed by atoms with Crippen LogP contribution in [0.2, 0.25) is 0 Å². The van der Waals surface area contributed by atoms with Crippen molar-refractivity contribution in [3.63, 3.8) is 0 Å². The third-order valence-electron chi connectivity index (χ3n) is 5.23. The van der Waals surface area contributed by atoms with Gasteiger partial charge in [0.25, 0.3) is 5.91 Å². The van der Waals surface area contributed by atoms with E-state index in [9.17, 15) is 4.79 Å². The number of aryl methyl sites for hydroxylation is 2. The van der Waals surface area contributed by atoms with Crippen LogP contribution in [0.1, 0.15) is 47.4 Å². The molecule has 108 valence electrons. The van der Waals surface area contributed by atoms with Crippen LogP contribution in [0.5, 0.6) is 0 Å². The Kier molecular flexibility index (Phi) is 3.06. The maximum Gasteiger partial charge on any atom is 0.270 e. The van der Waals surface area contributed by atoms with Crippen molar-refractivity contribution in [3.05, 3.63) is 23.0 Å². The highest BCUT2D eigenvalue weighted by atomic mass is 16.2. The van der Waals surface area contributed by atoms with E-state index in [4.69, 9.17) is 0 Å². The van der Waals surface area contributed by atoms with Gasteiger partial charge in [-0.25, -0.2) is 0 Å². The Balaban J connectivity index is 1.51. The molecule has 0 aromatic carbocycles. The Morgan fingerprint density at radius 3 is 2.95 bits per heavy atom. The standard InChI is InChI=1S/C16H23N3O/c20-16(14-8-11-4-1-2-6-13(11)18-14)19-9-12-5-3-7-17-15(12)10-19/h8,12,15,17-18H,1-7,9-10H2. The summed E-state index contributed by atoms with van der Waals surface area (Å²) in [5, 5.41) is 3.56. The van der Waals surface area contributed by atoms with E-state index in [1.165, 1.54) is 36.9 Å². The summed E-state index contributed by atoms with van der Waals surface area (Å²) in [5.41, 5.74) is 3.49. The summed E-state index contributed by atoms with van der Waals surface area (Å²) in [4.78, 5) is 18.1. The Labute approximate surface area is 119 Å². The summed E-state index contributed by atoms with van der Waals surface area (Å²) in [6, 6.07) is 2.63. The van der Waals surface area contributed by atoms with Gasteiger partial charge in [-0.2, -0.15) is 0 Å². The first-order valence-electron chi connectivity index (χ1n) is 8.04. The Morgan fingerprint density at radius 2 is 2.10 bits per heavy atom. The third-order valence-corrected chi connectivity index (χ3v) is 5.23. The number of rotatable bonds is 1. The van der Waals surface area contributed by atoms with E-state index >= 15 is 0 Å². The first-order chi connectivity index (χ1) is 9.81. The van der Waals surface area contributed by atoms with Crippen molar-refractivity contribution in [3.8, 4) is 0 Å². The smallest absolute Gasteiger partial charge is 0.270 e. The minimum absolute atomic E-state index is 0.204. The van der Waals surface area contributed by atoms with Gasteiger partial charge in [-0.05, 0) is 62.6 Å². The highest BCUT2D eigenvalue weighted by molar-refractivity contribution is 5.93. The summed E-state index contributed by atoms with van der Waals surface area (Å²) in [6.07, 6.45) is 7.26. The highest BCUT2D eigenvalue weighted by Crippen LogP contribution is 2.27. The molecule has 2 saturated heterocycles. The lowest BCUT2D eigenvalue weighted by Crippen LogP contribution is -2.41. The predicted molar refractivity (Wildman–Crippen MR) is 77.9 cm³/mol. The molecular formula is C16H23N3O. The average Bonchev–Trinajstić information content (AvgIpc) is 3.10. The molecule has 2 aliphatic heterocycles. The molecule has 1 aromatic rings. The zero-order chi connectivity index (χ0) is 13.5. The number of piperidine rings is 1. The lowest BCUT2D eigenvalue weighted by Gasteiger charge is -2.24. The van der Waals surface area contributed by atoms with E-state index in [0.29, 0.717) is 12.0 Å². The number of H-pyrrole nitrogens is 1. The van der Waals surface area contributed by atoms with Crippen LogP contribution in [-0.4, -0.2) is 41.5 Å². The van der Waals surface area contributed by atoms with Gasteiger partial charge in [-0.3, -0.25) is 4.79 Å². The summed E-state index contributed by atoms with van der Waals surface area (Å²) in [5.74, 6) is 0.868. The molecule has 1 amide bonds. The fourth-order valence-electron chi connectivity index (χ4n) is 4.10. The maximum absolute atomic E-state index is 12.7. The third kappa shape index (κ3) is 2.06. The van der Waals surface area contributed by atoms with E-state index < -0.39 is 0 Å². The Hall–Kier alpha value is -1.29. The molecule has 2 fully saturated rings. The zero-order valence-electron chi connectivity index (χ0n) is 12.0. The number of likely N-dealkylation sites (tertiary alicyclic amines) is 1. The van der Waals surface area contributed by atoms with Crippen LogP contribution >= 0.6 is 0 Å². The molecule has 1 aromatic heterocycles. The second-order valence-corrected chi connectivity index (χ2v) is 6.57. The van der Waals surface area contributed by atoms with Crippen molar-refractivity contribution in [2.24, 2.45) is 5.92 Å². The highest BCUT2D eigenvalue weighted by Gasteiger charge is 2.37. The largest absolute Gasteiger partial charge is 0.354 e. The Bertz CT molecular complexity index is 484. The number of nitrogens with zero attached hydrogens (tertiary/aromatic N) is 1. The van der Waals surface area contributed by atoms with Gasteiger partial charge in [0, 0.05) is 24.8 Å². The molecule has 2 atom stereocenters. The Morgan fingerprint density at radius 1 is 1.20 bits per heavy atom. The summed E-state index contributed by atoms with van der Waals surface area (Å²) < 4.78 is 0. The second kappa shape index (κ2) is 4.92. The zero-order valence-corrected chi connectivity index (χ0v) is 12.0. The molecule has 4 rings (SSSR count). The number of nitrogens with one attached hydrogen (secondary N) is 2. The quantitative estimate of drug-likeness (QED) is 0.818. The molecule has 3 heterocycles. The van der Waals surface area contributed by atoms with Crippen LogP contribution in [0.4, 0.5) is 0 Å². The van der Waals surface area contributed by atoms with Gasteiger partial charge < -0.3 is 15.2 Å². The van der Waals surface area contributed by atoms with E-state index in [0.717, 1.165) is 38.2 Å². The van der Waals surface area contributed by atoms with Gasteiger partial charge in [-0.15, -0.1) is 0 Å². The van der Waals surface area contributed by atoms with Gasteiger partial charge in [0.15, 0.2) is 0 Å². The van der Waals surface area contributed by atoms with Crippen LogP contribution in [0.15, 0.2) is 6.07 Å². The number of hydrogen-bond donors (Lipinski definition) is 2. The van der Waals surface area contributed by atoms with Crippen molar-refractivity contribution in [2.45, 2.75) is 44.6 Å². The molecule has 0 spiro atoms. The monoisotopic (exact) mass is 273 g/mol. The fourth-order valence-corrected chi connectivity index (χ4v) is 4.10. The average molecular weight is 273 g/mol. The molecule has 0 bridgehead atoms. The van der Waals surface area contributed by atoms with Crippen LogP contribution in [-0.2, 0) is 12.8 Å². The molecule has 3 aliphatic rings. The van der Waals surface area contributed by atoms with Crippen LogP contribution in [0.25, 0.3) is 0 Å². The number of aromatic amines is 1. The first kappa shape index (κ1) is 12.5. The van der Waals surface area contributed by atoms with Gasteiger partial charge in [0.2, 0.25) is 0 Å². The second-order valence-electron chi connectivity index (χ2n) is 6.57. The van der Waals surface area contributed by atoms with E-state index in [1.54, 1.807) is 0 Å². The summed E-state index contributed by atoms with van der Waals surface area (Å²) in [6.45, 7) is 2.92. The van der Waals surface area contributed by atoms with Crippen LogP contribution < -0.4 is 5.32 Å². The molecule has 2 N–H and O–H groups in total. The van der Waals surface area contributed by atoms with Crippen molar-refractivity contribution in [1.82, 2.24) is 15.2 Å². The van der Waals surface area contributed by atoms with E-state index in [-0.39, 0.29) is 5.91 Å². The molecular weight excluding hydrogens is 250 g/mol. The first-order valence-corrected chi connectivity index (χ1v) is 8.04. The van der Waals surface area contributed by atoms with Gasteiger partial charge in [-0.1, -0.05) is 0 Å². The minimum atomic E-state index is 0.204. The van der Waals surface area contributed by atoms with Crippen LogP contribution in [0, 0.1) is 5.92 Å². The van der Waals surface area contributed by atoms with Gasteiger partial charge in [0.05, 0.1) is 0 Å². The van der Waals surface area contributed by atoms with Crippen molar-refractivity contribution in [2.75, 3.05) is 19.6 Å². The predicted octanol–water partition coefficient (Wildman–Crippen LogP) is 1.72. The molecule has 2 unspecified atom stereocenters. The number of hydrogen-bond acceptors (Lipinski definition) is 2. The molecule has 0 saturated carbocycles. The van der Waals surface area contributed by atoms with Gasteiger partial charge in [0.1, 0.15) is 5.69 Å². The minimum Gasteiger partial charge on any atom is -0.354 e. The van der Waals surface area contributed by atoms with Crippen molar-refractivity contribution >= 4 is 5.91 Å². The molecule has 20 heavy (non-hydrogen) atoms. The van der Waals surface area contributed by atoms with E-state index in [2.05, 4.69) is 16.4 Å². The van der Waals surface area contributed by atoms with Crippen LogP contribution in [0.3, 0.4) is 0 Å². The van der Waals surface area contributed by atoms with Gasteiger partial charge >= 0.3 is 0 Å². The number of amides is 1. The van der Waals surface area contributed by atoms with Crippen molar-refractivity contribution in [1.29, 1.82) is 0 Å². The molecule has 4 heteroatoms. The fraction of sp³-hybridized carbons (Fsp3) is 0.688. The van der Waals surface area contributed by atoms with Crippen molar-refractivity contribution < 1.29 is 4.79 Å². The SMILES string of the molecule is O=C(c1cc2c([nH]1)CCCC2)N1CC2CCCNC2C1. The summed E-state index contributed by atoms with van der Waals surface area (Å²) in [7, 11) is 0. The number of carbonyl (C=O) groups excluding carboxylic acids is 1. The normalized spacial score (nSPS) is 29.1.